The third kappa shape index (κ3) is 7.18. The Kier molecular flexibility index (Phi) is 7.16. The molecule has 0 aliphatic carbocycles. The number of hydrogen-bond acceptors (Lipinski definition) is 3. The van der Waals surface area contributed by atoms with Gasteiger partial charge in [0.15, 0.2) is 5.11 Å². The van der Waals surface area contributed by atoms with Crippen LogP contribution >= 0.6 is 12.2 Å². The highest BCUT2D eigenvalue weighted by Crippen LogP contribution is 2.16. The number of anilines is 1. The molecule has 0 heterocycles. The number of carbonyl (C=O) groups is 1. The lowest BCUT2D eigenvalue weighted by atomic mass is 10.2. The third-order valence-corrected chi connectivity index (χ3v) is 3.36. The van der Waals surface area contributed by atoms with Crippen molar-refractivity contribution < 1.29 is 9.53 Å². The molecule has 0 aromatic heterocycles. The Morgan fingerprint density at radius 1 is 1.12 bits per heavy atom. The van der Waals surface area contributed by atoms with Crippen LogP contribution in [0.15, 0.2) is 60.7 Å². The second kappa shape index (κ2) is 9.59. The molecule has 0 saturated carbocycles. The van der Waals surface area contributed by atoms with Gasteiger partial charge in [0.2, 0.25) is 5.91 Å². The Bertz CT molecular complexity index is 725. The number of benzene rings is 2. The Labute approximate surface area is 153 Å². The summed E-state index contributed by atoms with van der Waals surface area (Å²) in [5, 5.41) is 5.84. The van der Waals surface area contributed by atoms with Crippen molar-refractivity contribution in [2.24, 2.45) is 5.92 Å². The zero-order chi connectivity index (χ0) is 18.1. The van der Waals surface area contributed by atoms with Crippen molar-refractivity contribution in [3.8, 4) is 5.75 Å². The summed E-state index contributed by atoms with van der Waals surface area (Å²) in [4.78, 5) is 11.9. The Hall–Kier alpha value is -2.66. The van der Waals surface area contributed by atoms with Crippen LogP contribution in [0.5, 0.6) is 5.75 Å². The van der Waals surface area contributed by atoms with Crippen molar-refractivity contribution >= 4 is 35.0 Å². The number of amides is 1. The summed E-state index contributed by atoms with van der Waals surface area (Å²) in [6, 6.07) is 17.0. The maximum atomic E-state index is 11.9. The normalized spacial score (nSPS) is 10.7. The van der Waals surface area contributed by atoms with Crippen LogP contribution in [0.25, 0.3) is 6.08 Å². The van der Waals surface area contributed by atoms with Gasteiger partial charge < -0.3 is 10.1 Å². The molecule has 2 rings (SSSR count). The SMILES string of the molecule is CC(C)COc1ccc(NC(=S)NC(=O)/C=C/c2ccccc2)cc1. The van der Waals surface area contributed by atoms with Gasteiger partial charge in [0.25, 0.3) is 0 Å². The van der Waals surface area contributed by atoms with E-state index in [2.05, 4.69) is 24.5 Å². The van der Waals surface area contributed by atoms with Gasteiger partial charge >= 0.3 is 0 Å². The second-order valence-electron chi connectivity index (χ2n) is 5.92. The van der Waals surface area contributed by atoms with Gasteiger partial charge in [0.05, 0.1) is 6.61 Å². The number of carbonyl (C=O) groups excluding carboxylic acids is 1. The highest BCUT2D eigenvalue weighted by atomic mass is 32.1. The lowest BCUT2D eigenvalue weighted by Gasteiger charge is -2.11. The number of ether oxygens (including phenoxy) is 1. The smallest absolute Gasteiger partial charge is 0.250 e. The topological polar surface area (TPSA) is 50.4 Å². The van der Waals surface area contributed by atoms with Crippen molar-refractivity contribution in [3.05, 3.63) is 66.2 Å². The monoisotopic (exact) mass is 354 g/mol. The molecule has 2 aromatic carbocycles. The molecule has 2 aromatic rings. The van der Waals surface area contributed by atoms with E-state index in [0.29, 0.717) is 12.5 Å². The quantitative estimate of drug-likeness (QED) is 0.601. The summed E-state index contributed by atoms with van der Waals surface area (Å²) in [6.07, 6.45) is 3.19. The van der Waals surface area contributed by atoms with Crippen LogP contribution in [0.4, 0.5) is 5.69 Å². The van der Waals surface area contributed by atoms with Crippen molar-refractivity contribution in [3.63, 3.8) is 0 Å². The fourth-order valence-corrected chi connectivity index (χ4v) is 2.17. The average molecular weight is 354 g/mol. The van der Waals surface area contributed by atoms with E-state index in [9.17, 15) is 4.79 Å². The van der Waals surface area contributed by atoms with Gasteiger partial charge in [-0.3, -0.25) is 10.1 Å². The van der Waals surface area contributed by atoms with Crippen LogP contribution in [0.1, 0.15) is 19.4 Å². The van der Waals surface area contributed by atoms with Crippen LogP contribution in [-0.4, -0.2) is 17.6 Å². The maximum Gasteiger partial charge on any atom is 0.250 e. The summed E-state index contributed by atoms with van der Waals surface area (Å²) in [6.45, 7) is 4.88. The summed E-state index contributed by atoms with van der Waals surface area (Å²) < 4.78 is 5.63. The predicted molar refractivity (Wildman–Crippen MR) is 107 cm³/mol. The molecule has 0 spiro atoms. The van der Waals surface area contributed by atoms with E-state index >= 15 is 0 Å². The van der Waals surface area contributed by atoms with Crippen LogP contribution < -0.4 is 15.4 Å². The number of nitrogens with one attached hydrogen (secondary N) is 2. The van der Waals surface area contributed by atoms with E-state index in [1.54, 1.807) is 6.08 Å². The molecule has 0 fully saturated rings. The molecule has 130 valence electrons. The van der Waals surface area contributed by atoms with Crippen molar-refractivity contribution in [1.29, 1.82) is 0 Å². The van der Waals surface area contributed by atoms with E-state index < -0.39 is 0 Å². The zero-order valence-electron chi connectivity index (χ0n) is 14.4. The lowest BCUT2D eigenvalue weighted by Crippen LogP contribution is -2.32. The van der Waals surface area contributed by atoms with Crippen LogP contribution in [0.3, 0.4) is 0 Å². The minimum absolute atomic E-state index is 0.249. The first-order valence-corrected chi connectivity index (χ1v) is 8.51. The summed E-state index contributed by atoms with van der Waals surface area (Å²) in [7, 11) is 0. The van der Waals surface area contributed by atoms with E-state index in [0.717, 1.165) is 17.0 Å². The van der Waals surface area contributed by atoms with Crippen LogP contribution in [0, 0.1) is 5.92 Å². The molecule has 0 unspecified atom stereocenters. The predicted octanol–water partition coefficient (Wildman–Crippen LogP) is 4.25. The van der Waals surface area contributed by atoms with Crippen molar-refractivity contribution in [2.45, 2.75) is 13.8 Å². The highest BCUT2D eigenvalue weighted by molar-refractivity contribution is 7.80. The van der Waals surface area contributed by atoms with Gasteiger partial charge in [-0.05, 0) is 54.0 Å². The van der Waals surface area contributed by atoms with E-state index in [4.69, 9.17) is 17.0 Å². The van der Waals surface area contributed by atoms with Gasteiger partial charge in [-0.15, -0.1) is 0 Å². The first kappa shape index (κ1) is 18.7. The standard InChI is InChI=1S/C20H22N2O2S/c1-15(2)14-24-18-11-9-17(10-12-18)21-20(25)22-19(23)13-8-16-6-4-3-5-7-16/h3-13,15H,14H2,1-2H3,(H2,21,22,23,25)/b13-8+. The Morgan fingerprint density at radius 2 is 1.80 bits per heavy atom. The fraction of sp³-hybridized carbons (Fsp3) is 0.200. The highest BCUT2D eigenvalue weighted by Gasteiger charge is 2.02. The average Bonchev–Trinajstić information content (AvgIpc) is 2.60. The molecule has 25 heavy (non-hydrogen) atoms. The molecule has 0 bridgehead atoms. The number of hydrogen-bond donors (Lipinski definition) is 2. The lowest BCUT2D eigenvalue weighted by molar-refractivity contribution is -0.115. The van der Waals surface area contributed by atoms with Gasteiger partial charge in [-0.1, -0.05) is 44.2 Å². The summed E-state index contributed by atoms with van der Waals surface area (Å²) in [5.74, 6) is 1.00. The fourth-order valence-electron chi connectivity index (χ4n) is 1.95. The summed E-state index contributed by atoms with van der Waals surface area (Å²) >= 11 is 5.15. The zero-order valence-corrected chi connectivity index (χ0v) is 15.2. The first-order chi connectivity index (χ1) is 12.0. The summed E-state index contributed by atoms with van der Waals surface area (Å²) in [5.41, 5.74) is 1.74. The largest absolute Gasteiger partial charge is 0.493 e. The van der Waals surface area contributed by atoms with E-state index in [-0.39, 0.29) is 11.0 Å². The van der Waals surface area contributed by atoms with E-state index in [1.807, 2.05) is 54.6 Å². The molecule has 5 heteroatoms. The van der Waals surface area contributed by atoms with E-state index in [1.165, 1.54) is 6.08 Å². The molecular formula is C20H22N2O2S. The molecule has 0 saturated heterocycles. The molecule has 0 atom stereocenters. The number of rotatable bonds is 6. The van der Waals surface area contributed by atoms with Gasteiger partial charge in [0.1, 0.15) is 5.75 Å². The Balaban J connectivity index is 1.81. The molecule has 1 amide bonds. The Morgan fingerprint density at radius 3 is 2.44 bits per heavy atom. The molecule has 2 N–H and O–H groups in total. The molecule has 0 aliphatic rings. The first-order valence-electron chi connectivity index (χ1n) is 8.11. The minimum Gasteiger partial charge on any atom is -0.493 e. The minimum atomic E-state index is -0.279. The molecular weight excluding hydrogens is 332 g/mol. The van der Waals surface area contributed by atoms with Gasteiger partial charge in [0, 0.05) is 11.8 Å². The number of thiocarbonyl (C=S) groups is 1. The molecule has 4 nitrogen and oxygen atoms in total. The van der Waals surface area contributed by atoms with Gasteiger partial charge in [-0.25, -0.2) is 0 Å². The second-order valence-corrected chi connectivity index (χ2v) is 6.32. The van der Waals surface area contributed by atoms with Crippen molar-refractivity contribution in [2.75, 3.05) is 11.9 Å². The molecule has 0 aliphatic heterocycles. The van der Waals surface area contributed by atoms with Crippen LogP contribution in [-0.2, 0) is 4.79 Å². The maximum absolute atomic E-state index is 11.9. The van der Waals surface area contributed by atoms with Gasteiger partial charge in [-0.2, -0.15) is 0 Å². The van der Waals surface area contributed by atoms with Crippen LogP contribution in [0.2, 0.25) is 0 Å². The third-order valence-electron chi connectivity index (χ3n) is 3.16. The molecule has 0 radical (unpaired) electrons. The van der Waals surface area contributed by atoms with Crippen molar-refractivity contribution in [1.82, 2.24) is 5.32 Å².